The minimum Gasteiger partial charge on any atom is -0.495 e. The lowest BCUT2D eigenvalue weighted by atomic mass is 10.1. The molecule has 2 rings (SSSR count). The maximum Gasteiger partial charge on any atom is 0.266 e. The minimum atomic E-state index is -0.469. The van der Waals surface area contributed by atoms with Crippen LogP contribution in [0.4, 0.5) is 11.4 Å². The molecule has 2 aromatic carbocycles. The molecule has 0 fully saturated rings. The van der Waals surface area contributed by atoms with Gasteiger partial charge in [0, 0.05) is 19.8 Å². The molecule has 0 heterocycles. The second kappa shape index (κ2) is 8.02. The summed E-state index contributed by atoms with van der Waals surface area (Å²) in [5, 5.41) is 12.1. The number of aryl methyl sites for hydroxylation is 1. The Morgan fingerprint density at radius 2 is 1.88 bits per heavy atom. The van der Waals surface area contributed by atoms with Gasteiger partial charge in [-0.3, -0.25) is 4.79 Å². The molecule has 0 aliphatic carbocycles. The zero-order valence-corrected chi connectivity index (χ0v) is 14.8. The molecule has 5 nitrogen and oxygen atoms in total. The number of nitrogens with zero attached hydrogens (tertiary/aromatic N) is 2. The summed E-state index contributed by atoms with van der Waals surface area (Å²) in [6.07, 6.45) is 1.57. The van der Waals surface area contributed by atoms with Gasteiger partial charge >= 0.3 is 0 Å². The summed E-state index contributed by atoms with van der Waals surface area (Å²) in [6, 6.07) is 15.0. The van der Waals surface area contributed by atoms with Crippen LogP contribution in [0, 0.1) is 18.3 Å². The number of carbonyl (C=O) groups is 1. The van der Waals surface area contributed by atoms with Crippen LogP contribution in [0.25, 0.3) is 6.08 Å². The first-order valence-corrected chi connectivity index (χ1v) is 7.79. The van der Waals surface area contributed by atoms with E-state index in [9.17, 15) is 10.1 Å². The summed E-state index contributed by atoms with van der Waals surface area (Å²) < 4.78 is 5.25. The van der Waals surface area contributed by atoms with E-state index in [-0.39, 0.29) is 5.57 Å². The fraction of sp³-hybridized carbons (Fsp3) is 0.200. The largest absolute Gasteiger partial charge is 0.495 e. The van der Waals surface area contributed by atoms with Crippen molar-refractivity contribution in [2.75, 3.05) is 31.4 Å². The first kappa shape index (κ1) is 18.1. The molecule has 0 spiro atoms. The number of nitriles is 1. The molecule has 0 aromatic heterocycles. The van der Waals surface area contributed by atoms with Gasteiger partial charge in [0.2, 0.25) is 0 Å². The Morgan fingerprint density at radius 3 is 2.44 bits per heavy atom. The third-order valence-corrected chi connectivity index (χ3v) is 3.69. The molecule has 1 amide bonds. The van der Waals surface area contributed by atoms with Gasteiger partial charge in [-0.2, -0.15) is 5.26 Å². The highest BCUT2D eigenvalue weighted by Crippen LogP contribution is 2.26. The highest BCUT2D eigenvalue weighted by Gasteiger charge is 2.12. The van der Waals surface area contributed by atoms with Crippen LogP contribution in [0.15, 0.2) is 48.0 Å². The maximum atomic E-state index is 12.4. The molecule has 0 bridgehead atoms. The van der Waals surface area contributed by atoms with Crippen LogP contribution < -0.4 is 15.0 Å². The zero-order valence-electron chi connectivity index (χ0n) is 14.8. The van der Waals surface area contributed by atoms with Crippen LogP contribution in [0.2, 0.25) is 0 Å². The van der Waals surface area contributed by atoms with Crippen molar-refractivity contribution in [3.63, 3.8) is 0 Å². The van der Waals surface area contributed by atoms with Gasteiger partial charge in [0.15, 0.2) is 0 Å². The molecular formula is C20H21N3O2. The quantitative estimate of drug-likeness (QED) is 0.669. The summed E-state index contributed by atoms with van der Waals surface area (Å²) in [5.74, 6) is 0.0784. The Hall–Kier alpha value is -3.26. The number of amides is 1. The SMILES string of the molecule is COc1ccc(C)cc1NC(=O)/C(C#N)=C/c1ccc(N(C)C)cc1. The van der Waals surface area contributed by atoms with Crippen molar-refractivity contribution >= 4 is 23.4 Å². The Labute approximate surface area is 148 Å². The van der Waals surface area contributed by atoms with Crippen molar-refractivity contribution in [1.29, 1.82) is 5.26 Å². The molecule has 0 unspecified atom stereocenters. The van der Waals surface area contributed by atoms with Gasteiger partial charge in [0.25, 0.3) is 5.91 Å². The number of carbonyl (C=O) groups excluding carboxylic acids is 1. The molecule has 5 heteroatoms. The van der Waals surface area contributed by atoms with Gasteiger partial charge in [0.1, 0.15) is 17.4 Å². The number of hydrogen-bond acceptors (Lipinski definition) is 4. The highest BCUT2D eigenvalue weighted by molar-refractivity contribution is 6.10. The van der Waals surface area contributed by atoms with Gasteiger partial charge in [-0.1, -0.05) is 18.2 Å². The van der Waals surface area contributed by atoms with Crippen LogP contribution in [-0.4, -0.2) is 27.1 Å². The number of hydrogen-bond donors (Lipinski definition) is 1. The van der Waals surface area contributed by atoms with Crippen molar-refractivity contribution < 1.29 is 9.53 Å². The van der Waals surface area contributed by atoms with Crippen LogP contribution in [0.1, 0.15) is 11.1 Å². The van der Waals surface area contributed by atoms with Crippen molar-refractivity contribution in [2.24, 2.45) is 0 Å². The molecule has 0 saturated heterocycles. The summed E-state index contributed by atoms with van der Waals surface area (Å²) in [7, 11) is 5.44. The second-order valence-electron chi connectivity index (χ2n) is 5.81. The van der Waals surface area contributed by atoms with E-state index < -0.39 is 5.91 Å². The molecule has 0 atom stereocenters. The van der Waals surface area contributed by atoms with Crippen molar-refractivity contribution in [1.82, 2.24) is 0 Å². The molecule has 0 radical (unpaired) electrons. The molecule has 128 valence electrons. The van der Waals surface area contributed by atoms with E-state index in [1.165, 1.54) is 7.11 Å². The average Bonchev–Trinajstić information content (AvgIpc) is 2.60. The Kier molecular flexibility index (Phi) is 5.80. The predicted octanol–water partition coefficient (Wildman–Crippen LogP) is 3.62. The van der Waals surface area contributed by atoms with Crippen molar-refractivity contribution in [2.45, 2.75) is 6.92 Å². The fourth-order valence-corrected chi connectivity index (χ4v) is 2.29. The van der Waals surface area contributed by atoms with E-state index in [1.807, 2.05) is 62.3 Å². The van der Waals surface area contributed by atoms with E-state index in [0.717, 1.165) is 16.8 Å². The van der Waals surface area contributed by atoms with E-state index >= 15 is 0 Å². The molecule has 0 aliphatic rings. The lowest BCUT2D eigenvalue weighted by Gasteiger charge is -2.12. The highest BCUT2D eigenvalue weighted by atomic mass is 16.5. The van der Waals surface area contributed by atoms with Gasteiger partial charge in [-0.05, 0) is 48.4 Å². The molecule has 2 aromatic rings. The predicted molar refractivity (Wildman–Crippen MR) is 101 cm³/mol. The first-order valence-electron chi connectivity index (χ1n) is 7.79. The van der Waals surface area contributed by atoms with Crippen LogP contribution in [0.3, 0.4) is 0 Å². The first-order chi connectivity index (χ1) is 11.9. The number of nitrogens with one attached hydrogen (secondary N) is 1. The minimum absolute atomic E-state index is 0.0289. The van der Waals surface area contributed by atoms with Crippen LogP contribution >= 0.6 is 0 Å². The van der Waals surface area contributed by atoms with Crippen molar-refractivity contribution in [3.05, 3.63) is 59.2 Å². The van der Waals surface area contributed by atoms with Gasteiger partial charge in [-0.15, -0.1) is 0 Å². The van der Waals surface area contributed by atoms with Gasteiger partial charge in [-0.25, -0.2) is 0 Å². The van der Waals surface area contributed by atoms with E-state index in [1.54, 1.807) is 18.2 Å². The molecule has 1 N–H and O–H groups in total. The standard InChI is InChI=1S/C20H21N3O2/c1-14-5-10-19(25-4)18(11-14)22-20(24)16(13-21)12-15-6-8-17(9-7-15)23(2)3/h5-12H,1-4H3,(H,22,24)/b16-12+. The molecule has 25 heavy (non-hydrogen) atoms. The zero-order chi connectivity index (χ0) is 18.4. The number of rotatable bonds is 5. The Morgan fingerprint density at radius 1 is 1.20 bits per heavy atom. The number of anilines is 2. The number of ether oxygens (including phenoxy) is 1. The van der Waals surface area contributed by atoms with Crippen LogP contribution in [-0.2, 0) is 4.79 Å². The van der Waals surface area contributed by atoms with E-state index in [4.69, 9.17) is 4.74 Å². The average molecular weight is 335 g/mol. The molecule has 0 aliphatic heterocycles. The molecular weight excluding hydrogens is 314 g/mol. The monoisotopic (exact) mass is 335 g/mol. The maximum absolute atomic E-state index is 12.4. The normalized spacial score (nSPS) is 10.8. The van der Waals surface area contributed by atoms with Gasteiger partial charge in [0.05, 0.1) is 12.8 Å². The third-order valence-electron chi connectivity index (χ3n) is 3.69. The fourth-order valence-electron chi connectivity index (χ4n) is 2.29. The van der Waals surface area contributed by atoms with Crippen LogP contribution in [0.5, 0.6) is 5.75 Å². The summed E-state index contributed by atoms with van der Waals surface area (Å²) >= 11 is 0. The van der Waals surface area contributed by atoms with Gasteiger partial charge < -0.3 is 15.0 Å². The van der Waals surface area contributed by atoms with E-state index in [2.05, 4.69) is 5.32 Å². The number of methoxy groups -OCH3 is 1. The smallest absolute Gasteiger partial charge is 0.266 e. The second-order valence-corrected chi connectivity index (χ2v) is 5.81. The summed E-state index contributed by atoms with van der Waals surface area (Å²) in [6.45, 7) is 1.92. The third kappa shape index (κ3) is 4.61. The number of benzene rings is 2. The van der Waals surface area contributed by atoms with E-state index in [0.29, 0.717) is 11.4 Å². The Balaban J connectivity index is 2.24. The lowest BCUT2D eigenvalue weighted by molar-refractivity contribution is -0.112. The summed E-state index contributed by atoms with van der Waals surface area (Å²) in [5.41, 5.74) is 3.38. The van der Waals surface area contributed by atoms with Crippen molar-refractivity contribution in [3.8, 4) is 11.8 Å². The Bertz CT molecular complexity index is 831. The summed E-state index contributed by atoms with van der Waals surface area (Å²) in [4.78, 5) is 14.4. The topological polar surface area (TPSA) is 65.4 Å². The molecule has 0 saturated carbocycles. The lowest BCUT2D eigenvalue weighted by Crippen LogP contribution is -2.14.